The maximum Gasteiger partial charge on any atom is 0.409 e. The van der Waals surface area contributed by atoms with Gasteiger partial charge in [-0.3, -0.25) is 4.90 Å². The van der Waals surface area contributed by atoms with Crippen molar-refractivity contribution in [2.75, 3.05) is 45.9 Å². The number of urea groups is 1. The van der Waals surface area contributed by atoms with Crippen molar-refractivity contribution >= 4 is 12.1 Å². The van der Waals surface area contributed by atoms with Crippen molar-refractivity contribution in [2.24, 2.45) is 0 Å². The van der Waals surface area contributed by atoms with Crippen molar-refractivity contribution in [3.05, 3.63) is 0 Å². The fraction of sp³-hybridized carbons (Fsp3) is 0.889. The van der Waals surface area contributed by atoms with Gasteiger partial charge in [-0.25, -0.2) is 9.59 Å². The van der Waals surface area contributed by atoms with Gasteiger partial charge in [-0.05, 0) is 47.0 Å². The lowest BCUT2D eigenvalue weighted by molar-refractivity contribution is 0.0950. The van der Waals surface area contributed by atoms with Gasteiger partial charge >= 0.3 is 12.1 Å². The number of hydrogen-bond donors (Lipinski definition) is 1. The molecule has 0 unspecified atom stereocenters. The number of nitrogens with one attached hydrogen (secondary N) is 1. The summed E-state index contributed by atoms with van der Waals surface area (Å²) in [4.78, 5) is 30.4. The largest absolute Gasteiger partial charge is 0.450 e. The lowest BCUT2D eigenvalue weighted by Gasteiger charge is -2.35. The molecule has 0 aliphatic carbocycles. The minimum absolute atomic E-state index is 0.0327. The van der Waals surface area contributed by atoms with E-state index in [-0.39, 0.29) is 23.7 Å². The Hall–Kier alpha value is -1.50. The molecule has 0 bridgehead atoms. The van der Waals surface area contributed by atoms with E-state index in [1.165, 1.54) is 0 Å². The number of rotatable bonds is 2. The van der Waals surface area contributed by atoms with Gasteiger partial charge in [0.05, 0.1) is 6.61 Å². The molecule has 7 heteroatoms. The summed E-state index contributed by atoms with van der Waals surface area (Å²) in [6, 6.07) is 0.172. The summed E-state index contributed by atoms with van der Waals surface area (Å²) >= 11 is 0. The average Bonchev–Trinajstić information content (AvgIpc) is 2.81. The molecule has 0 aromatic rings. The van der Waals surface area contributed by atoms with Crippen LogP contribution in [0.25, 0.3) is 0 Å². The molecule has 25 heavy (non-hydrogen) atoms. The molecule has 2 rings (SSSR count). The van der Waals surface area contributed by atoms with E-state index in [2.05, 4.69) is 31.0 Å². The van der Waals surface area contributed by atoms with Gasteiger partial charge in [-0.1, -0.05) is 0 Å². The van der Waals surface area contributed by atoms with Gasteiger partial charge in [0, 0.05) is 50.8 Å². The minimum Gasteiger partial charge on any atom is -0.450 e. The van der Waals surface area contributed by atoms with Gasteiger partial charge in [-0.2, -0.15) is 0 Å². The van der Waals surface area contributed by atoms with Crippen LogP contribution < -0.4 is 5.32 Å². The highest BCUT2D eigenvalue weighted by atomic mass is 16.6. The number of carbonyl (C=O) groups excluding carboxylic acids is 2. The first-order chi connectivity index (χ1) is 11.8. The highest BCUT2D eigenvalue weighted by Gasteiger charge is 2.28. The molecule has 2 saturated heterocycles. The zero-order chi connectivity index (χ0) is 18.4. The number of amides is 3. The van der Waals surface area contributed by atoms with E-state index in [1.54, 1.807) is 4.90 Å². The Morgan fingerprint density at radius 3 is 2.28 bits per heavy atom. The number of carbonyl (C=O) groups is 2. The van der Waals surface area contributed by atoms with E-state index in [4.69, 9.17) is 4.74 Å². The van der Waals surface area contributed by atoms with Crippen LogP contribution in [0.4, 0.5) is 9.59 Å². The molecule has 0 radical (unpaired) electrons. The lowest BCUT2D eigenvalue weighted by Crippen LogP contribution is -2.51. The number of likely N-dealkylation sites (tertiary alicyclic amines) is 1. The molecule has 2 heterocycles. The molecule has 0 atom stereocenters. The number of nitrogens with zero attached hydrogens (tertiary/aromatic N) is 3. The molecule has 0 aromatic carbocycles. The normalized spacial score (nSPS) is 21.0. The van der Waals surface area contributed by atoms with Gasteiger partial charge in [0.25, 0.3) is 0 Å². The van der Waals surface area contributed by atoms with E-state index in [9.17, 15) is 9.59 Å². The highest BCUT2D eigenvalue weighted by molar-refractivity contribution is 5.74. The second-order valence-electron chi connectivity index (χ2n) is 7.91. The van der Waals surface area contributed by atoms with Crippen molar-refractivity contribution in [2.45, 2.75) is 58.5 Å². The fourth-order valence-electron chi connectivity index (χ4n) is 3.48. The quantitative estimate of drug-likeness (QED) is 0.825. The standard InChI is InChI=1S/C18H34N4O3/c1-5-25-17(24)21-11-7-15(8-12-21)19-16(23)20-9-6-10-22(14-13-20)18(2,3)4/h15H,5-14H2,1-4H3,(H,19,23). The molecule has 0 saturated carbocycles. The maximum atomic E-state index is 12.6. The van der Waals surface area contributed by atoms with Crippen LogP contribution in [0.3, 0.4) is 0 Å². The molecular weight excluding hydrogens is 320 g/mol. The van der Waals surface area contributed by atoms with Crippen LogP contribution in [0.2, 0.25) is 0 Å². The summed E-state index contributed by atoms with van der Waals surface area (Å²) in [5.41, 5.74) is 0.145. The molecule has 144 valence electrons. The Labute approximate surface area is 151 Å². The predicted molar refractivity (Wildman–Crippen MR) is 97.7 cm³/mol. The summed E-state index contributed by atoms with van der Waals surface area (Å²) in [6.45, 7) is 13.7. The second kappa shape index (κ2) is 8.74. The highest BCUT2D eigenvalue weighted by Crippen LogP contribution is 2.17. The van der Waals surface area contributed by atoms with Crippen LogP contribution in [0.5, 0.6) is 0 Å². The summed E-state index contributed by atoms with van der Waals surface area (Å²) in [5.74, 6) is 0. The number of piperidine rings is 1. The first-order valence-corrected chi connectivity index (χ1v) is 9.53. The Morgan fingerprint density at radius 2 is 1.68 bits per heavy atom. The van der Waals surface area contributed by atoms with Gasteiger partial charge in [-0.15, -0.1) is 0 Å². The van der Waals surface area contributed by atoms with Gasteiger partial charge < -0.3 is 19.9 Å². The Kier molecular flexibility index (Phi) is 6.93. The third-order valence-corrected chi connectivity index (χ3v) is 5.08. The first kappa shape index (κ1) is 19.8. The molecule has 3 amide bonds. The molecule has 0 aromatic heterocycles. The minimum atomic E-state index is -0.248. The predicted octanol–water partition coefficient (Wildman–Crippen LogP) is 2.12. The summed E-state index contributed by atoms with van der Waals surface area (Å²) < 4.78 is 5.03. The maximum absolute atomic E-state index is 12.6. The first-order valence-electron chi connectivity index (χ1n) is 9.53. The zero-order valence-electron chi connectivity index (χ0n) is 16.2. The second-order valence-corrected chi connectivity index (χ2v) is 7.91. The smallest absolute Gasteiger partial charge is 0.409 e. The summed E-state index contributed by atoms with van der Waals surface area (Å²) in [7, 11) is 0. The Balaban J connectivity index is 1.76. The van der Waals surface area contributed by atoms with Crippen LogP contribution in [-0.4, -0.2) is 84.3 Å². The molecule has 2 aliphatic rings. The molecule has 1 N–H and O–H groups in total. The fourth-order valence-corrected chi connectivity index (χ4v) is 3.48. The SMILES string of the molecule is CCOC(=O)N1CCC(NC(=O)N2CCCN(C(C)(C)C)CC2)CC1. The Morgan fingerprint density at radius 1 is 1.00 bits per heavy atom. The zero-order valence-corrected chi connectivity index (χ0v) is 16.2. The van der Waals surface area contributed by atoms with Crippen LogP contribution in [0, 0.1) is 0 Å². The topological polar surface area (TPSA) is 65.1 Å². The van der Waals surface area contributed by atoms with Crippen molar-refractivity contribution in [1.29, 1.82) is 0 Å². The van der Waals surface area contributed by atoms with Crippen LogP contribution in [-0.2, 0) is 4.74 Å². The Bertz CT molecular complexity index is 456. The molecule has 7 nitrogen and oxygen atoms in total. The summed E-state index contributed by atoms with van der Waals surface area (Å²) in [6.07, 6.45) is 2.33. The van der Waals surface area contributed by atoms with Gasteiger partial charge in [0.2, 0.25) is 0 Å². The number of hydrogen-bond acceptors (Lipinski definition) is 4. The molecular formula is C18H34N4O3. The van der Waals surface area contributed by atoms with Gasteiger partial charge in [0.1, 0.15) is 0 Å². The van der Waals surface area contributed by atoms with Crippen molar-refractivity contribution < 1.29 is 14.3 Å². The van der Waals surface area contributed by atoms with E-state index < -0.39 is 0 Å². The van der Waals surface area contributed by atoms with E-state index in [1.807, 2.05) is 11.8 Å². The van der Waals surface area contributed by atoms with Crippen LogP contribution in [0.15, 0.2) is 0 Å². The van der Waals surface area contributed by atoms with Crippen molar-refractivity contribution in [3.8, 4) is 0 Å². The molecule has 0 spiro atoms. The monoisotopic (exact) mass is 354 g/mol. The molecule has 2 fully saturated rings. The van der Waals surface area contributed by atoms with E-state index >= 15 is 0 Å². The average molecular weight is 354 g/mol. The molecule has 2 aliphatic heterocycles. The van der Waals surface area contributed by atoms with Crippen molar-refractivity contribution in [1.82, 2.24) is 20.0 Å². The van der Waals surface area contributed by atoms with Gasteiger partial charge in [0.15, 0.2) is 0 Å². The van der Waals surface area contributed by atoms with E-state index in [0.29, 0.717) is 19.7 Å². The van der Waals surface area contributed by atoms with Crippen molar-refractivity contribution in [3.63, 3.8) is 0 Å². The lowest BCUT2D eigenvalue weighted by atomic mass is 10.1. The number of ether oxygens (including phenoxy) is 1. The van der Waals surface area contributed by atoms with E-state index in [0.717, 1.165) is 45.4 Å². The summed E-state index contributed by atoms with van der Waals surface area (Å²) in [5, 5.41) is 3.15. The van der Waals surface area contributed by atoms with Crippen LogP contribution >= 0.6 is 0 Å². The third kappa shape index (κ3) is 5.76. The third-order valence-electron chi connectivity index (χ3n) is 5.08. The van der Waals surface area contributed by atoms with Crippen LogP contribution in [0.1, 0.15) is 47.0 Å².